The van der Waals surface area contributed by atoms with Gasteiger partial charge in [0.1, 0.15) is 0 Å². The highest BCUT2D eigenvalue weighted by Crippen LogP contribution is 2.23. The highest BCUT2D eigenvalue weighted by molar-refractivity contribution is 7.89. The third-order valence-corrected chi connectivity index (χ3v) is 6.34. The van der Waals surface area contributed by atoms with Gasteiger partial charge in [-0.2, -0.15) is 0 Å². The molecule has 0 heterocycles. The van der Waals surface area contributed by atoms with Crippen LogP contribution in [0.25, 0.3) is 0 Å². The average Bonchev–Trinajstić information content (AvgIpc) is 2.44. The van der Waals surface area contributed by atoms with Crippen LogP contribution in [0.2, 0.25) is 19.6 Å². The Bertz CT molecular complexity index is 515. The molecule has 4 heteroatoms. The van der Waals surface area contributed by atoms with E-state index in [1.54, 1.807) is 0 Å². The summed E-state index contributed by atoms with van der Waals surface area (Å²) in [5.74, 6) is 0. The zero-order valence-corrected chi connectivity index (χ0v) is 16.4. The normalized spacial score (nSPS) is 15.6. The van der Waals surface area contributed by atoms with Gasteiger partial charge >= 0.3 is 0 Å². The lowest BCUT2D eigenvalue weighted by Gasteiger charge is -2.19. The van der Waals surface area contributed by atoms with Gasteiger partial charge in [0.2, 0.25) is 0 Å². The van der Waals surface area contributed by atoms with Crippen molar-refractivity contribution in [1.29, 1.82) is 0 Å². The molecule has 1 N–H and O–H groups in total. The van der Waals surface area contributed by atoms with Crippen molar-refractivity contribution in [3.63, 3.8) is 0 Å². The molecule has 0 fully saturated rings. The Morgan fingerprint density at radius 2 is 1.82 bits per heavy atom. The van der Waals surface area contributed by atoms with Crippen LogP contribution in [0.15, 0.2) is 39.8 Å². The summed E-state index contributed by atoms with van der Waals surface area (Å²) in [5, 5.41) is 10.5. The third kappa shape index (κ3) is 6.59. The van der Waals surface area contributed by atoms with Crippen molar-refractivity contribution < 1.29 is 9.32 Å². The van der Waals surface area contributed by atoms with Gasteiger partial charge in [0.05, 0.1) is 25.0 Å². The molecule has 2 nitrogen and oxygen atoms in total. The van der Waals surface area contributed by atoms with E-state index in [0.29, 0.717) is 11.3 Å². The fourth-order valence-corrected chi connectivity index (χ4v) is 5.78. The Morgan fingerprint density at radius 3 is 2.32 bits per heavy atom. The monoisotopic (exact) mass is 338 g/mol. The molecule has 0 amide bonds. The maximum Gasteiger partial charge on any atom is 0.0870 e. The second kappa shape index (κ2) is 8.80. The molecule has 1 rings (SSSR count). The largest absolute Gasteiger partial charge is 0.388 e. The van der Waals surface area contributed by atoms with Crippen LogP contribution < -0.4 is 0 Å². The number of benzene rings is 1. The van der Waals surface area contributed by atoms with Crippen molar-refractivity contribution in [3.8, 4) is 0 Å². The van der Waals surface area contributed by atoms with Crippen LogP contribution in [0.1, 0.15) is 38.2 Å². The summed E-state index contributed by atoms with van der Waals surface area (Å²) < 4.78 is 12.9. The summed E-state index contributed by atoms with van der Waals surface area (Å²) >= 11 is 0. The number of aliphatic hydroxyl groups is 1. The quantitative estimate of drug-likeness (QED) is 0.546. The van der Waals surface area contributed by atoms with Crippen molar-refractivity contribution >= 4 is 18.9 Å². The van der Waals surface area contributed by atoms with Gasteiger partial charge in [-0.1, -0.05) is 69.2 Å². The zero-order valence-electron chi connectivity index (χ0n) is 14.6. The fraction of sp³-hybridized carbons (Fsp3) is 0.556. The molecule has 1 aromatic carbocycles. The molecule has 0 aromatic heterocycles. The minimum atomic E-state index is -1.55. The highest BCUT2D eigenvalue weighted by Gasteiger charge is 2.22. The first-order valence-electron chi connectivity index (χ1n) is 8.14. The first kappa shape index (κ1) is 19.3. The Morgan fingerprint density at radius 1 is 1.23 bits per heavy atom. The SMILES string of the molecule is CCCCC[C@@H](O)/C(=C\[Si](C)(C)C)[S@@](=O)c1ccc(C)cc1. The topological polar surface area (TPSA) is 37.3 Å². The third-order valence-electron chi connectivity index (χ3n) is 3.43. The first-order chi connectivity index (χ1) is 10.2. The van der Waals surface area contributed by atoms with E-state index in [9.17, 15) is 9.32 Å². The Labute approximate surface area is 139 Å². The van der Waals surface area contributed by atoms with E-state index < -0.39 is 25.0 Å². The zero-order chi connectivity index (χ0) is 16.8. The standard InChI is InChI=1S/C18H30O2SSi/c1-6-7-8-9-17(19)18(14-22(3,4)5)21(20)16-12-10-15(2)11-13-16/h10-14,17,19H,6-9H2,1-5H3/b18-14+/t17-,21+/m1/s1. The van der Waals surface area contributed by atoms with Crippen molar-refractivity contribution in [3.05, 3.63) is 40.4 Å². The van der Waals surface area contributed by atoms with E-state index in [4.69, 9.17) is 0 Å². The number of hydrogen-bond acceptors (Lipinski definition) is 2. The summed E-state index contributed by atoms with van der Waals surface area (Å²) in [4.78, 5) is 1.49. The molecule has 0 spiro atoms. The van der Waals surface area contributed by atoms with Gasteiger partial charge in [-0.3, -0.25) is 0 Å². The molecule has 0 saturated heterocycles. The Hall–Kier alpha value is -0.713. The van der Waals surface area contributed by atoms with Gasteiger partial charge < -0.3 is 5.11 Å². The maximum atomic E-state index is 12.9. The minimum absolute atomic E-state index is 0.597. The number of aryl methyl sites for hydroxylation is 1. The minimum Gasteiger partial charge on any atom is -0.388 e. The summed E-state index contributed by atoms with van der Waals surface area (Å²) in [6, 6.07) is 7.76. The van der Waals surface area contributed by atoms with Crippen molar-refractivity contribution in [2.45, 2.75) is 70.2 Å². The van der Waals surface area contributed by atoms with Gasteiger partial charge in [-0.15, -0.1) is 0 Å². The lowest BCUT2D eigenvalue weighted by molar-refractivity contribution is 0.204. The van der Waals surface area contributed by atoms with Gasteiger partial charge in [-0.25, -0.2) is 4.21 Å². The Kier molecular flexibility index (Phi) is 7.73. The fourth-order valence-electron chi connectivity index (χ4n) is 2.23. The van der Waals surface area contributed by atoms with Crippen molar-refractivity contribution in [2.24, 2.45) is 0 Å². The van der Waals surface area contributed by atoms with Crippen molar-refractivity contribution in [2.75, 3.05) is 0 Å². The molecular formula is C18H30O2SSi. The van der Waals surface area contributed by atoms with E-state index >= 15 is 0 Å². The molecule has 124 valence electrons. The maximum absolute atomic E-state index is 12.9. The van der Waals surface area contributed by atoms with E-state index in [-0.39, 0.29) is 0 Å². The second-order valence-corrected chi connectivity index (χ2v) is 13.5. The molecule has 0 bridgehead atoms. The molecule has 0 radical (unpaired) electrons. The average molecular weight is 339 g/mol. The summed E-state index contributed by atoms with van der Waals surface area (Å²) in [6.07, 6.45) is 3.31. The number of rotatable bonds is 8. The van der Waals surface area contributed by atoms with Gasteiger partial charge in [0, 0.05) is 9.80 Å². The van der Waals surface area contributed by atoms with Crippen molar-refractivity contribution in [1.82, 2.24) is 0 Å². The van der Waals surface area contributed by atoms with Gasteiger partial charge in [0.15, 0.2) is 0 Å². The molecule has 0 aliphatic rings. The molecule has 0 aliphatic heterocycles. The van der Waals surface area contributed by atoms with E-state index in [1.165, 1.54) is 0 Å². The molecule has 0 unspecified atom stereocenters. The summed E-state index contributed by atoms with van der Waals surface area (Å²) in [6.45, 7) is 10.8. The highest BCUT2D eigenvalue weighted by atomic mass is 32.2. The molecule has 0 saturated carbocycles. The second-order valence-electron chi connectivity index (χ2n) is 7.01. The van der Waals surface area contributed by atoms with Crippen LogP contribution >= 0.6 is 0 Å². The number of aliphatic hydroxyl groups excluding tert-OH is 1. The van der Waals surface area contributed by atoms with Crippen LogP contribution in [0.5, 0.6) is 0 Å². The first-order valence-corrected chi connectivity index (χ1v) is 12.9. The van der Waals surface area contributed by atoms with Gasteiger partial charge in [-0.05, 0) is 25.5 Å². The number of unbranched alkanes of at least 4 members (excludes halogenated alkanes) is 2. The molecule has 22 heavy (non-hydrogen) atoms. The lowest BCUT2D eigenvalue weighted by Crippen LogP contribution is -2.23. The van der Waals surface area contributed by atoms with Crippen LogP contribution in [0.4, 0.5) is 0 Å². The van der Waals surface area contributed by atoms with Gasteiger partial charge in [0.25, 0.3) is 0 Å². The van der Waals surface area contributed by atoms with Crippen LogP contribution in [-0.2, 0) is 10.8 Å². The van der Waals surface area contributed by atoms with Crippen LogP contribution in [-0.4, -0.2) is 23.5 Å². The van der Waals surface area contributed by atoms with E-state index in [2.05, 4.69) is 32.3 Å². The lowest BCUT2D eigenvalue weighted by atomic mass is 10.1. The van der Waals surface area contributed by atoms with Crippen LogP contribution in [0.3, 0.4) is 0 Å². The molecule has 0 aliphatic carbocycles. The van der Waals surface area contributed by atoms with E-state index in [0.717, 1.165) is 29.7 Å². The predicted molar refractivity (Wildman–Crippen MR) is 99.2 cm³/mol. The smallest absolute Gasteiger partial charge is 0.0870 e. The number of hydrogen-bond donors (Lipinski definition) is 1. The van der Waals surface area contributed by atoms with Crippen LogP contribution in [0, 0.1) is 6.92 Å². The molecular weight excluding hydrogens is 308 g/mol. The molecule has 2 atom stereocenters. The Balaban J connectivity index is 3.02. The summed E-state index contributed by atoms with van der Waals surface area (Å²) in [5.41, 5.74) is 3.26. The van der Waals surface area contributed by atoms with E-state index in [1.807, 2.05) is 31.2 Å². The summed E-state index contributed by atoms with van der Waals surface area (Å²) in [7, 11) is -2.82. The molecule has 1 aromatic rings. The predicted octanol–water partition coefficient (Wildman–Crippen LogP) is 4.81.